The van der Waals surface area contributed by atoms with Gasteiger partial charge >= 0.3 is 0 Å². The van der Waals surface area contributed by atoms with Crippen LogP contribution in [0.15, 0.2) is 12.3 Å². The maximum Gasteiger partial charge on any atom is 0.237 e. The van der Waals surface area contributed by atoms with Gasteiger partial charge in [0, 0.05) is 13.1 Å². The zero-order valence-electron chi connectivity index (χ0n) is 8.42. The highest BCUT2D eigenvalue weighted by atomic mass is 35.5. The van der Waals surface area contributed by atoms with Crippen molar-refractivity contribution < 1.29 is 9.13 Å². The Labute approximate surface area is 88.1 Å². The highest BCUT2D eigenvalue weighted by Crippen LogP contribution is 2.26. The van der Waals surface area contributed by atoms with E-state index in [4.69, 9.17) is 16.3 Å². The van der Waals surface area contributed by atoms with Gasteiger partial charge in [-0.25, -0.2) is 9.37 Å². The van der Waals surface area contributed by atoms with Crippen molar-refractivity contribution in [1.29, 1.82) is 0 Å². The molecule has 0 amide bonds. The molecule has 1 heterocycles. The summed E-state index contributed by atoms with van der Waals surface area (Å²) in [5, 5.41) is 0.348. The maximum absolute atomic E-state index is 12.5. The van der Waals surface area contributed by atoms with Crippen molar-refractivity contribution >= 4 is 11.6 Å². The van der Waals surface area contributed by atoms with Crippen LogP contribution in [0, 0.1) is 0 Å². The van der Waals surface area contributed by atoms with Crippen molar-refractivity contribution in [3.8, 4) is 5.88 Å². The zero-order valence-corrected chi connectivity index (χ0v) is 9.18. The fourth-order valence-corrected chi connectivity index (χ4v) is 1.22. The van der Waals surface area contributed by atoms with Crippen LogP contribution in [-0.2, 0) is 0 Å². The van der Waals surface area contributed by atoms with Gasteiger partial charge in [-0.2, -0.15) is 0 Å². The van der Waals surface area contributed by atoms with Crippen molar-refractivity contribution in [1.82, 2.24) is 4.98 Å². The Morgan fingerprint density at radius 3 is 2.50 bits per heavy atom. The Morgan fingerprint density at radius 1 is 1.43 bits per heavy atom. The molecule has 0 spiro atoms. The third kappa shape index (κ3) is 2.84. The predicted molar refractivity (Wildman–Crippen MR) is 54.5 cm³/mol. The molecule has 0 aliphatic rings. The van der Waals surface area contributed by atoms with Crippen LogP contribution in [-0.4, -0.2) is 11.3 Å². The lowest BCUT2D eigenvalue weighted by Crippen LogP contribution is -2.06. The van der Waals surface area contributed by atoms with Gasteiger partial charge in [0.15, 0.2) is 0 Å². The van der Waals surface area contributed by atoms with Crippen LogP contribution in [0.3, 0.4) is 0 Å². The molecule has 0 N–H and O–H groups in total. The second-order valence-corrected chi connectivity index (χ2v) is 3.78. The van der Waals surface area contributed by atoms with Crippen molar-refractivity contribution in [2.75, 3.05) is 0 Å². The van der Waals surface area contributed by atoms with Gasteiger partial charge in [0.05, 0.1) is 0 Å². The number of hydrogen-bond donors (Lipinski definition) is 0. The molecule has 78 valence electrons. The fourth-order valence-electron chi connectivity index (χ4n) is 0.996. The van der Waals surface area contributed by atoms with Gasteiger partial charge in [-0.3, -0.25) is 0 Å². The molecular formula is C10H13ClFNO. The minimum absolute atomic E-state index is 0.145. The van der Waals surface area contributed by atoms with E-state index in [9.17, 15) is 4.39 Å². The molecule has 1 aromatic rings. The predicted octanol–water partition coefficient (Wildman–Crippen LogP) is 3.55. The Hall–Kier alpha value is -0.830. The first-order valence-electron chi connectivity index (χ1n) is 4.47. The zero-order chi connectivity index (χ0) is 10.7. The van der Waals surface area contributed by atoms with Gasteiger partial charge in [-0.1, -0.05) is 25.4 Å². The van der Waals surface area contributed by atoms with Gasteiger partial charge in [0.25, 0.3) is 0 Å². The smallest absolute Gasteiger partial charge is 0.237 e. The van der Waals surface area contributed by atoms with E-state index in [-0.39, 0.29) is 5.88 Å². The van der Waals surface area contributed by atoms with E-state index in [0.29, 0.717) is 10.9 Å². The molecule has 0 fully saturated rings. The highest BCUT2D eigenvalue weighted by Gasteiger charge is 2.09. The quantitative estimate of drug-likeness (QED) is 0.773. The molecule has 0 bridgehead atoms. The number of alkyl halides is 1. The van der Waals surface area contributed by atoms with Crippen molar-refractivity contribution in [3.05, 3.63) is 22.8 Å². The van der Waals surface area contributed by atoms with Gasteiger partial charge in [-0.05, 0) is 17.5 Å². The van der Waals surface area contributed by atoms with E-state index < -0.39 is 6.36 Å². The molecule has 1 unspecified atom stereocenters. The van der Waals surface area contributed by atoms with Gasteiger partial charge in [0.1, 0.15) is 5.02 Å². The van der Waals surface area contributed by atoms with Gasteiger partial charge < -0.3 is 4.74 Å². The molecule has 1 aromatic heterocycles. The number of rotatable bonds is 3. The molecule has 0 saturated carbocycles. The highest BCUT2D eigenvalue weighted by molar-refractivity contribution is 6.31. The van der Waals surface area contributed by atoms with Crippen LogP contribution >= 0.6 is 11.6 Å². The molecule has 2 nitrogen and oxygen atoms in total. The maximum atomic E-state index is 12.5. The second-order valence-electron chi connectivity index (χ2n) is 3.37. The molecular weight excluding hydrogens is 205 g/mol. The Kier molecular flexibility index (Phi) is 3.69. The van der Waals surface area contributed by atoms with E-state index >= 15 is 0 Å². The molecule has 0 saturated heterocycles. The fraction of sp³-hybridized carbons (Fsp3) is 0.500. The number of ether oxygens (including phenoxy) is 1. The number of hydrogen-bond acceptors (Lipinski definition) is 2. The van der Waals surface area contributed by atoms with Crippen LogP contribution in [0.4, 0.5) is 4.39 Å². The molecule has 4 heteroatoms. The number of aromatic nitrogens is 1. The third-order valence-electron chi connectivity index (χ3n) is 1.77. The lowest BCUT2D eigenvalue weighted by molar-refractivity contribution is 0.0810. The minimum atomic E-state index is -1.40. The summed E-state index contributed by atoms with van der Waals surface area (Å²) in [5.41, 5.74) is 1.01. The lowest BCUT2D eigenvalue weighted by atomic mass is 10.1. The number of pyridine rings is 1. The average Bonchev–Trinajstić information content (AvgIpc) is 2.07. The molecule has 0 radical (unpaired) electrons. The number of halogens is 2. The normalized spacial score (nSPS) is 13.0. The Bertz CT molecular complexity index is 315. The topological polar surface area (TPSA) is 22.1 Å². The van der Waals surface area contributed by atoms with Crippen LogP contribution < -0.4 is 4.74 Å². The lowest BCUT2D eigenvalue weighted by Gasteiger charge is -2.10. The Balaban J connectivity index is 2.90. The number of nitrogens with zero attached hydrogens (tertiary/aromatic N) is 1. The molecule has 0 aliphatic heterocycles. The molecule has 14 heavy (non-hydrogen) atoms. The summed E-state index contributed by atoms with van der Waals surface area (Å²) in [4.78, 5) is 3.95. The second kappa shape index (κ2) is 4.60. The van der Waals surface area contributed by atoms with E-state index in [0.717, 1.165) is 5.56 Å². The molecule has 0 aliphatic carbocycles. The molecule has 0 aromatic carbocycles. The average molecular weight is 218 g/mol. The summed E-state index contributed by atoms with van der Waals surface area (Å²) in [7, 11) is 0. The van der Waals surface area contributed by atoms with E-state index in [1.165, 1.54) is 6.92 Å². The monoisotopic (exact) mass is 217 g/mol. The van der Waals surface area contributed by atoms with Gasteiger partial charge in [-0.15, -0.1) is 0 Å². The van der Waals surface area contributed by atoms with E-state index in [1.54, 1.807) is 12.3 Å². The third-order valence-corrected chi connectivity index (χ3v) is 2.04. The van der Waals surface area contributed by atoms with Crippen molar-refractivity contribution in [3.63, 3.8) is 0 Å². The summed E-state index contributed by atoms with van der Waals surface area (Å²) in [5.74, 6) is 0.489. The summed E-state index contributed by atoms with van der Waals surface area (Å²) < 4.78 is 17.3. The van der Waals surface area contributed by atoms with E-state index in [2.05, 4.69) is 4.98 Å². The van der Waals surface area contributed by atoms with Crippen molar-refractivity contribution in [2.24, 2.45) is 0 Å². The van der Waals surface area contributed by atoms with Crippen LogP contribution in [0.1, 0.15) is 32.3 Å². The first kappa shape index (κ1) is 11.2. The van der Waals surface area contributed by atoms with Crippen LogP contribution in [0.2, 0.25) is 5.02 Å². The van der Waals surface area contributed by atoms with Crippen LogP contribution in [0.25, 0.3) is 0 Å². The van der Waals surface area contributed by atoms with Crippen molar-refractivity contribution in [2.45, 2.75) is 33.0 Å². The van der Waals surface area contributed by atoms with E-state index in [1.807, 2.05) is 13.8 Å². The molecule has 1 rings (SSSR count). The summed E-state index contributed by atoms with van der Waals surface area (Å²) in [6.45, 7) is 5.35. The SMILES string of the molecule is CC(F)Oc1ncc(C(C)C)cc1Cl. The minimum Gasteiger partial charge on any atom is -0.442 e. The van der Waals surface area contributed by atoms with Crippen LogP contribution in [0.5, 0.6) is 5.88 Å². The summed E-state index contributed by atoms with van der Waals surface area (Å²) in [6.07, 6.45) is 0.249. The standard InChI is InChI=1S/C10H13ClFNO/c1-6(2)8-4-9(11)10(13-5-8)14-7(3)12/h4-7H,1-3H3. The summed E-state index contributed by atoms with van der Waals surface area (Å²) >= 11 is 5.86. The largest absolute Gasteiger partial charge is 0.442 e. The Morgan fingerprint density at radius 2 is 2.07 bits per heavy atom. The first-order valence-corrected chi connectivity index (χ1v) is 4.84. The van der Waals surface area contributed by atoms with Gasteiger partial charge in [0.2, 0.25) is 12.2 Å². The first-order chi connectivity index (χ1) is 6.50. The molecule has 1 atom stereocenters. The summed E-state index contributed by atoms with van der Waals surface area (Å²) in [6, 6.07) is 1.75.